The monoisotopic (exact) mass is 243 g/mol. The second kappa shape index (κ2) is 7.82. The van der Waals surface area contributed by atoms with Gasteiger partial charge in [0.1, 0.15) is 0 Å². The highest BCUT2D eigenvalue weighted by Crippen LogP contribution is 2.25. The van der Waals surface area contributed by atoms with E-state index < -0.39 is 0 Å². The van der Waals surface area contributed by atoms with Crippen LogP contribution in [0, 0.1) is 12.3 Å². The fourth-order valence-corrected chi connectivity index (χ4v) is 2.50. The summed E-state index contributed by atoms with van der Waals surface area (Å²) in [6.45, 7) is 7.82. The van der Waals surface area contributed by atoms with Crippen LogP contribution in [0.1, 0.15) is 52.0 Å². The van der Waals surface area contributed by atoms with Gasteiger partial charge in [-0.15, -0.1) is 6.42 Å². The Morgan fingerprint density at radius 2 is 1.89 bits per heavy atom. The Balaban J connectivity index is 3.06. The molecule has 1 unspecified atom stereocenters. The second-order valence-corrected chi connectivity index (χ2v) is 4.71. The highest BCUT2D eigenvalue weighted by Gasteiger charge is 2.17. The van der Waals surface area contributed by atoms with Crippen LogP contribution in [-0.4, -0.2) is 12.6 Å². The number of para-hydroxylation sites is 1. The molecule has 0 aliphatic rings. The quantitative estimate of drug-likeness (QED) is 0.639. The van der Waals surface area contributed by atoms with E-state index in [0.29, 0.717) is 6.04 Å². The van der Waals surface area contributed by atoms with Gasteiger partial charge < -0.3 is 4.90 Å². The van der Waals surface area contributed by atoms with Crippen molar-refractivity contribution >= 4 is 5.69 Å². The van der Waals surface area contributed by atoms with Crippen molar-refractivity contribution in [1.29, 1.82) is 0 Å². The van der Waals surface area contributed by atoms with E-state index in [0.717, 1.165) is 18.5 Å². The fourth-order valence-electron chi connectivity index (χ4n) is 2.50. The summed E-state index contributed by atoms with van der Waals surface area (Å²) >= 11 is 0. The molecule has 1 rings (SSSR count). The topological polar surface area (TPSA) is 3.24 Å². The second-order valence-electron chi connectivity index (χ2n) is 4.71. The molecule has 0 heterocycles. The van der Waals surface area contributed by atoms with Gasteiger partial charge in [-0.1, -0.05) is 45.2 Å². The van der Waals surface area contributed by atoms with Crippen molar-refractivity contribution in [3.05, 3.63) is 29.8 Å². The first-order valence-corrected chi connectivity index (χ1v) is 7.10. The summed E-state index contributed by atoms with van der Waals surface area (Å²) in [5.74, 6) is 2.81. The van der Waals surface area contributed by atoms with E-state index in [1.807, 2.05) is 12.1 Å². The summed E-state index contributed by atoms with van der Waals surface area (Å²) in [7, 11) is 0. The zero-order valence-electron chi connectivity index (χ0n) is 11.9. The van der Waals surface area contributed by atoms with Crippen molar-refractivity contribution in [3.63, 3.8) is 0 Å². The smallest absolute Gasteiger partial charge is 0.0527 e. The lowest BCUT2D eigenvalue weighted by Gasteiger charge is -2.34. The Kier molecular flexibility index (Phi) is 6.36. The van der Waals surface area contributed by atoms with Crippen LogP contribution in [-0.2, 0) is 0 Å². The maximum atomic E-state index is 5.62. The third-order valence-corrected chi connectivity index (χ3v) is 3.37. The average molecular weight is 243 g/mol. The van der Waals surface area contributed by atoms with Crippen molar-refractivity contribution in [2.24, 2.45) is 0 Å². The highest BCUT2D eigenvalue weighted by molar-refractivity contribution is 5.60. The molecule has 0 N–H and O–H groups in total. The van der Waals surface area contributed by atoms with E-state index in [-0.39, 0.29) is 0 Å². The van der Waals surface area contributed by atoms with Crippen molar-refractivity contribution < 1.29 is 0 Å². The lowest BCUT2D eigenvalue weighted by Crippen LogP contribution is -2.36. The number of nitrogens with zero attached hydrogens (tertiary/aromatic N) is 1. The number of hydrogen-bond acceptors (Lipinski definition) is 1. The van der Waals surface area contributed by atoms with Gasteiger partial charge in [0.15, 0.2) is 0 Å². The molecular formula is C17H25N. The molecule has 0 bridgehead atoms. The first-order valence-electron chi connectivity index (χ1n) is 7.10. The summed E-state index contributed by atoms with van der Waals surface area (Å²) < 4.78 is 0. The van der Waals surface area contributed by atoms with Gasteiger partial charge >= 0.3 is 0 Å². The average Bonchev–Trinajstić information content (AvgIpc) is 2.42. The number of rotatable bonds is 7. The van der Waals surface area contributed by atoms with E-state index in [4.69, 9.17) is 6.42 Å². The lowest BCUT2D eigenvalue weighted by molar-refractivity contribution is 0.525. The predicted molar refractivity (Wildman–Crippen MR) is 81.0 cm³/mol. The standard InChI is InChI=1S/C17H25N/c1-5-11-16(8-4)18(14-6-2)17-13-10-9-12-15(17)7-3/h3,9-10,12-13,16H,5-6,8,11,14H2,1-2,4H3. The van der Waals surface area contributed by atoms with Crippen molar-refractivity contribution in [2.45, 2.75) is 52.5 Å². The van der Waals surface area contributed by atoms with Crippen molar-refractivity contribution in [2.75, 3.05) is 11.4 Å². The molecule has 0 saturated carbocycles. The number of anilines is 1. The first kappa shape index (κ1) is 14.6. The number of hydrogen-bond donors (Lipinski definition) is 0. The summed E-state index contributed by atoms with van der Waals surface area (Å²) in [6.07, 6.45) is 10.4. The van der Waals surface area contributed by atoms with Gasteiger partial charge in [0.05, 0.1) is 5.69 Å². The minimum Gasteiger partial charge on any atom is -0.368 e. The summed E-state index contributed by atoms with van der Waals surface area (Å²) in [6, 6.07) is 8.89. The molecule has 1 heteroatoms. The summed E-state index contributed by atoms with van der Waals surface area (Å²) in [4.78, 5) is 2.50. The van der Waals surface area contributed by atoms with Crippen LogP contribution < -0.4 is 4.90 Å². The van der Waals surface area contributed by atoms with Crippen LogP contribution in [0.5, 0.6) is 0 Å². The van der Waals surface area contributed by atoms with Gasteiger partial charge in [-0.2, -0.15) is 0 Å². The molecule has 18 heavy (non-hydrogen) atoms. The van der Waals surface area contributed by atoms with Crippen molar-refractivity contribution in [1.82, 2.24) is 0 Å². The van der Waals surface area contributed by atoms with Gasteiger partial charge in [-0.3, -0.25) is 0 Å². The SMILES string of the molecule is C#Cc1ccccc1N(CCC)C(CC)CCC. The molecule has 0 radical (unpaired) electrons. The molecule has 0 aliphatic carbocycles. The summed E-state index contributed by atoms with van der Waals surface area (Å²) in [5, 5.41) is 0. The molecule has 98 valence electrons. The van der Waals surface area contributed by atoms with Crippen LogP contribution >= 0.6 is 0 Å². The van der Waals surface area contributed by atoms with Gasteiger partial charge in [0.2, 0.25) is 0 Å². The predicted octanol–water partition coefficient (Wildman–Crippen LogP) is 4.46. The Morgan fingerprint density at radius 3 is 2.44 bits per heavy atom. The molecule has 1 aromatic rings. The van der Waals surface area contributed by atoms with Crippen LogP contribution in [0.2, 0.25) is 0 Å². The Labute approximate surface area is 112 Å². The maximum Gasteiger partial charge on any atom is 0.0527 e. The van der Waals surface area contributed by atoms with E-state index >= 15 is 0 Å². The number of benzene rings is 1. The van der Waals surface area contributed by atoms with Crippen LogP contribution in [0.25, 0.3) is 0 Å². The van der Waals surface area contributed by atoms with E-state index in [9.17, 15) is 0 Å². The molecule has 1 atom stereocenters. The van der Waals surface area contributed by atoms with E-state index in [1.54, 1.807) is 0 Å². The third-order valence-electron chi connectivity index (χ3n) is 3.37. The minimum atomic E-state index is 0.601. The third kappa shape index (κ3) is 3.53. The largest absolute Gasteiger partial charge is 0.368 e. The zero-order chi connectivity index (χ0) is 13.4. The Bertz CT molecular complexity index is 389. The molecule has 0 aliphatic heterocycles. The molecule has 1 nitrogen and oxygen atoms in total. The molecule has 0 saturated heterocycles. The lowest BCUT2D eigenvalue weighted by atomic mass is 10.0. The van der Waals surface area contributed by atoms with Gasteiger partial charge in [-0.25, -0.2) is 0 Å². The van der Waals surface area contributed by atoms with Crippen LogP contribution in [0.4, 0.5) is 5.69 Å². The van der Waals surface area contributed by atoms with E-state index in [1.165, 1.54) is 24.9 Å². The highest BCUT2D eigenvalue weighted by atomic mass is 15.2. The first-order chi connectivity index (χ1) is 8.78. The fraction of sp³-hybridized carbons (Fsp3) is 0.529. The molecule has 0 fully saturated rings. The molecule has 1 aromatic carbocycles. The minimum absolute atomic E-state index is 0.601. The Hall–Kier alpha value is -1.42. The zero-order valence-corrected chi connectivity index (χ0v) is 11.9. The van der Waals surface area contributed by atoms with Gasteiger partial charge in [-0.05, 0) is 31.4 Å². The molecule has 0 aromatic heterocycles. The van der Waals surface area contributed by atoms with Crippen LogP contribution in [0.15, 0.2) is 24.3 Å². The Morgan fingerprint density at radius 1 is 1.17 bits per heavy atom. The van der Waals surface area contributed by atoms with E-state index in [2.05, 4.69) is 43.7 Å². The molecule has 0 amide bonds. The number of terminal acetylenes is 1. The van der Waals surface area contributed by atoms with Gasteiger partial charge in [0.25, 0.3) is 0 Å². The normalized spacial score (nSPS) is 11.9. The van der Waals surface area contributed by atoms with Crippen LogP contribution in [0.3, 0.4) is 0 Å². The molecule has 0 spiro atoms. The van der Waals surface area contributed by atoms with Crippen molar-refractivity contribution in [3.8, 4) is 12.3 Å². The summed E-state index contributed by atoms with van der Waals surface area (Å²) in [5.41, 5.74) is 2.24. The maximum absolute atomic E-state index is 5.62. The molecular weight excluding hydrogens is 218 g/mol. The van der Waals surface area contributed by atoms with Gasteiger partial charge in [0, 0.05) is 18.2 Å².